The Morgan fingerprint density at radius 2 is 0.783 bits per heavy atom. The normalized spacial score (nSPS) is 11.1. The molecule has 3 nitrogen and oxygen atoms in total. The molecule has 0 aliphatic rings. The minimum atomic E-state index is 0.0318. The van der Waals surface area contributed by atoms with Gasteiger partial charge in [-0.05, 0) is 71.4 Å². The molecule has 220 valence electrons. The number of hydrogen-bond donors (Lipinski definition) is 0. The lowest BCUT2D eigenvalue weighted by molar-refractivity contribution is 0.104. The highest BCUT2D eigenvalue weighted by Gasteiger charge is 2.22. The van der Waals surface area contributed by atoms with Gasteiger partial charge in [0.2, 0.25) is 5.78 Å². The van der Waals surface area contributed by atoms with Crippen molar-refractivity contribution in [2.45, 2.75) is 0 Å². The van der Waals surface area contributed by atoms with Crippen LogP contribution in [-0.4, -0.2) is 5.78 Å². The second-order valence-electron chi connectivity index (χ2n) is 10.9. The van der Waals surface area contributed by atoms with E-state index >= 15 is 0 Å². The van der Waals surface area contributed by atoms with Crippen LogP contribution in [0.4, 0.5) is 32.8 Å². The molecule has 0 saturated carbocycles. The van der Waals surface area contributed by atoms with Crippen molar-refractivity contribution in [3.63, 3.8) is 0 Å². The molecule has 0 radical (unpaired) electrons. The van der Waals surface area contributed by atoms with Crippen LogP contribution in [0.25, 0.3) is 21.5 Å². The minimum Gasteiger partial charge on any atom is -0.301 e. The van der Waals surface area contributed by atoms with Gasteiger partial charge in [-0.3, -0.25) is 4.79 Å². The van der Waals surface area contributed by atoms with E-state index in [1.807, 2.05) is 24.3 Å². The Hall–Kier alpha value is -5.49. The van der Waals surface area contributed by atoms with Crippen LogP contribution in [-0.2, 0) is 0 Å². The summed E-state index contributed by atoms with van der Waals surface area (Å²) in [4.78, 5) is 20.0. The van der Waals surface area contributed by atoms with Gasteiger partial charge in [0.1, 0.15) is 10.0 Å². The van der Waals surface area contributed by atoms with Crippen LogP contribution in [0.1, 0.15) is 14.5 Å². The van der Waals surface area contributed by atoms with Gasteiger partial charge in [-0.15, -0.1) is 22.7 Å². The summed E-state index contributed by atoms with van der Waals surface area (Å²) in [6, 6.07) is 58.4. The van der Waals surface area contributed by atoms with Crippen LogP contribution < -0.4 is 9.80 Å². The molecule has 0 N–H and O–H groups in total. The monoisotopic (exact) mass is 628 g/mol. The number of hydrogen-bond acceptors (Lipinski definition) is 5. The summed E-state index contributed by atoms with van der Waals surface area (Å²) < 4.78 is 0. The van der Waals surface area contributed by atoms with Crippen LogP contribution in [0, 0.1) is 0 Å². The highest BCUT2D eigenvalue weighted by Crippen LogP contribution is 2.44. The van der Waals surface area contributed by atoms with Gasteiger partial charge in [0.15, 0.2) is 0 Å². The smallest absolute Gasteiger partial charge is 0.213 e. The van der Waals surface area contributed by atoms with Crippen molar-refractivity contribution < 1.29 is 4.79 Å². The van der Waals surface area contributed by atoms with E-state index in [0.717, 1.165) is 43.5 Å². The molecule has 0 spiro atoms. The lowest BCUT2D eigenvalue weighted by atomic mass is 10.1. The first-order valence-electron chi connectivity index (χ1n) is 15.1. The zero-order valence-electron chi connectivity index (χ0n) is 24.8. The fourth-order valence-electron chi connectivity index (χ4n) is 5.99. The maximum absolute atomic E-state index is 14.1. The van der Waals surface area contributed by atoms with Crippen molar-refractivity contribution in [1.29, 1.82) is 0 Å². The van der Waals surface area contributed by atoms with E-state index in [2.05, 4.69) is 155 Å². The van der Waals surface area contributed by atoms with E-state index in [-0.39, 0.29) is 5.78 Å². The highest BCUT2D eigenvalue weighted by atomic mass is 32.1. The number of thiophene rings is 2. The second-order valence-corrected chi connectivity index (χ2v) is 13.1. The average Bonchev–Trinajstić information content (AvgIpc) is 3.81. The molecule has 0 unspecified atom stereocenters. The SMILES string of the molecule is O=C(c1ccc(N(c2ccccc2)c2cccc3ccccc23)s1)c1ccc(N(c2ccccc2)c2cccc3ccccc23)s1. The maximum Gasteiger partial charge on any atom is 0.213 e. The number of fused-ring (bicyclic) bond motifs is 2. The fraction of sp³-hybridized carbons (Fsp3) is 0. The molecule has 2 aromatic heterocycles. The van der Waals surface area contributed by atoms with E-state index in [1.165, 1.54) is 33.4 Å². The van der Waals surface area contributed by atoms with Crippen molar-refractivity contribution in [2.24, 2.45) is 0 Å². The summed E-state index contributed by atoms with van der Waals surface area (Å²) in [5.41, 5.74) is 4.26. The summed E-state index contributed by atoms with van der Waals surface area (Å²) in [5, 5.41) is 6.65. The quantitative estimate of drug-likeness (QED) is 0.156. The molecule has 8 aromatic rings. The number of benzene rings is 6. The number of ketones is 1. The van der Waals surface area contributed by atoms with E-state index in [1.54, 1.807) is 0 Å². The zero-order valence-corrected chi connectivity index (χ0v) is 26.4. The van der Waals surface area contributed by atoms with Gasteiger partial charge in [-0.2, -0.15) is 0 Å². The fourth-order valence-corrected chi connectivity index (χ4v) is 8.05. The first kappa shape index (κ1) is 28.0. The van der Waals surface area contributed by atoms with Gasteiger partial charge in [0, 0.05) is 22.1 Å². The number of para-hydroxylation sites is 2. The molecule has 2 heterocycles. The molecule has 0 aliphatic carbocycles. The molecule has 0 amide bonds. The van der Waals surface area contributed by atoms with E-state index < -0.39 is 0 Å². The molecular weight excluding hydrogens is 601 g/mol. The van der Waals surface area contributed by atoms with Crippen LogP contribution in [0.15, 0.2) is 170 Å². The Balaban J connectivity index is 1.18. The predicted molar refractivity (Wildman–Crippen MR) is 196 cm³/mol. The Bertz CT molecular complexity index is 2130. The van der Waals surface area contributed by atoms with Gasteiger partial charge in [0.05, 0.1) is 21.1 Å². The number of carbonyl (C=O) groups excluding carboxylic acids is 1. The van der Waals surface area contributed by atoms with Crippen molar-refractivity contribution in [3.05, 3.63) is 180 Å². The first-order valence-corrected chi connectivity index (χ1v) is 16.8. The van der Waals surface area contributed by atoms with Gasteiger partial charge >= 0.3 is 0 Å². The Morgan fingerprint density at radius 3 is 1.24 bits per heavy atom. The Labute approximate surface area is 275 Å². The summed E-state index contributed by atoms with van der Waals surface area (Å²) in [7, 11) is 0. The molecule has 0 fully saturated rings. The second kappa shape index (κ2) is 12.1. The summed E-state index contributed by atoms with van der Waals surface area (Å²) in [6.45, 7) is 0. The number of rotatable bonds is 8. The number of anilines is 6. The van der Waals surface area contributed by atoms with Gasteiger partial charge < -0.3 is 9.80 Å². The third kappa shape index (κ3) is 5.16. The van der Waals surface area contributed by atoms with Crippen molar-refractivity contribution in [1.82, 2.24) is 0 Å². The lowest BCUT2D eigenvalue weighted by Gasteiger charge is -2.25. The standard InChI is InChI=1S/C41H28N2OS2/c44-41(37-25-27-39(45-37)42(31-17-3-1-4-18-31)35-23-11-15-29-13-7-9-21-33(29)35)38-26-28-40(46-38)43(32-19-5-2-6-20-32)36-24-12-16-30-14-8-10-22-34(30)36/h1-28H. The molecule has 0 bridgehead atoms. The van der Waals surface area contributed by atoms with Crippen LogP contribution in [0.5, 0.6) is 0 Å². The third-order valence-corrected chi connectivity index (χ3v) is 10.3. The molecule has 0 atom stereocenters. The zero-order chi connectivity index (χ0) is 30.9. The van der Waals surface area contributed by atoms with Crippen LogP contribution in [0.3, 0.4) is 0 Å². The number of carbonyl (C=O) groups is 1. The highest BCUT2D eigenvalue weighted by molar-refractivity contribution is 7.21. The molecule has 0 aliphatic heterocycles. The topological polar surface area (TPSA) is 23.6 Å². The van der Waals surface area contributed by atoms with E-state index in [0.29, 0.717) is 9.75 Å². The lowest BCUT2D eigenvalue weighted by Crippen LogP contribution is -2.08. The van der Waals surface area contributed by atoms with Gasteiger partial charge in [-0.25, -0.2) is 0 Å². The first-order chi connectivity index (χ1) is 22.7. The van der Waals surface area contributed by atoms with E-state index in [4.69, 9.17) is 0 Å². The molecule has 46 heavy (non-hydrogen) atoms. The molecule has 8 rings (SSSR count). The Kier molecular flexibility index (Phi) is 7.39. The van der Waals surface area contributed by atoms with Crippen molar-refractivity contribution in [3.8, 4) is 0 Å². The van der Waals surface area contributed by atoms with Crippen LogP contribution >= 0.6 is 22.7 Å². The Morgan fingerprint density at radius 1 is 0.391 bits per heavy atom. The molecule has 6 aromatic carbocycles. The largest absolute Gasteiger partial charge is 0.301 e. The molecule has 0 saturated heterocycles. The predicted octanol–water partition coefficient (Wildman–Crippen LogP) is 12.3. The molecular formula is C41H28N2OS2. The van der Waals surface area contributed by atoms with Crippen molar-refractivity contribution in [2.75, 3.05) is 9.80 Å². The van der Waals surface area contributed by atoms with Crippen molar-refractivity contribution >= 4 is 82.8 Å². The van der Waals surface area contributed by atoms with Crippen LogP contribution in [0.2, 0.25) is 0 Å². The third-order valence-electron chi connectivity index (χ3n) is 8.12. The summed E-state index contributed by atoms with van der Waals surface area (Å²) in [6.07, 6.45) is 0. The van der Waals surface area contributed by atoms with Gasteiger partial charge in [-0.1, -0.05) is 109 Å². The maximum atomic E-state index is 14.1. The number of nitrogens with zero attached hydrogens (tertiary/aromatic N) is 2. The minimum absolute atomic E-state index is 0.0318. The van der Waals surface area contributed by atoms with Gasteiger partial charge in [0.25, 0.3) is 0 Å². The van der Waals surface area contributed by atoms with E-state index in [9.17, 15) is 4.79 Å². The average molecular weight is 629 g/mol. The molecule has 5 heteroatoms. The summed E-state index contributed by atoms with van der Waals surface area (Å²) in [5.74, 6) is 0.0318. The summed E-state index contributed by atoms with van der Waals surface area (Å²) >= 11 is 3.05.